The average Bonchev–Trinajstić information content (AvgIpc) is 3.15. The number of allylic oxidation sites excluding steroid dienone is 8. The highest BCUT2D eigenvalue weighted by Gasteiger charge is 2.45. The van der Waals surface area contributed by atoms with Crippen LogP contribution in [0.4, 0.5) is 0 Å². The summed E-state index contributed by atoms with van der Waals surface area (Å²) in [6.07, 6.45) is 13.6. The molecule has 0 aromatic heterocycles. The molecule has 2 heteroatoms. The Kier molecular flexibility index (Phi) is 2.64. The summed E-state index contributed by atoms with van der Waals surface area (Å²) in [6.45, 7) is 0. The summed E-state index contributed by atoms with van der Waals surface area (Å²) in [7, 11) is 0. The van der Waals surface area contributed by atoms with Gasteiger partial charge in [-0.2, -0.15) is 0 Å². The summed E-state index contributed by atoms with van der Waals surface area (Å²) in [5.41, 5.74) is 4.96. The van der Waals surface area contributed by atoms with Crippen LogP contribution < -0.4 is 0 Å². The number of rotatable bonds is 0. The molecule has 1 aromatic rings. The lowest BCUT2D eigenvalue weighted by atomic mass is 9.95. The van der Waals surface area contributed by atoms with Gasteiger partial charge < -0.3 is 10.2 Å². The Balaban J connectivity index is 2.07. The number of fused-ring (bicyclic) bond motifs is 1. The van der Waals surface area contributed by atoms with Crippen molar-refractivity contribution in [2.45, 2.75) is 18.6 Å². The van der Waals surface area contributed by atoms with Gasteiger partial charge in [-0.25, -0.2) is 0 Å². The van der Waals surface area contributed by atoms with Crippen LogP contribution in [0, 0.1) is 0 Å². The van der Waals surface area contributed by atoms with Crippen LogP contribution in [0.1, 0.15) is 24.0 Å². The number of hydrogen-bond acceptors (Lipinski definition) is 2. The van der Waals surface area contributed by atoms with E-state index in [1.807, 2.05) is 54.6 Å². The van der Waals surface area contributed by atoms with Crippen LogP contribution >= 0.6 is 0 Å². The standard InChI is InChI=1S/C19H16O2/c20-19(21)17(13-7-1-2-8-13)15-11-5-6-12-16(15)18(19)14-9-3-4-10-14/h1-3,5-9,11-12,20-21H,4,10H2/b18-14+. The lowest BCUT2D eigenvalue weighted by molar-refractivity contribution is -0.0528. The fourth-order valence-corrected chi connectivity index (χ4v) is 3.47. The van der Waals surface area contributed by atoms with Crippen LogP contribution in [-0.4, -0.2) is 16.0 Å². The van der Waals surface area contributed by atoms with Crippen molar-refractivity contribution in [1.82, 2.24) is 0 Å². The molecule has 0 amide bonds. The molecule has 3 aliphatic rings. The first-order valence-corrected chi connectivity index (χ1v) is 7.24. The van der Waals surface area contributed by atoms with E-state index in [1.54, 1.807) is 0 Å². The lowest BCUT2D eigenvalue weighted by Gasteiger charge is -2.22. The van der Waals surface area contributed by atoms with E-state index in [0.29, 0.717) is 11.1 Å². The zero-order valence-corrected chi connectivity index (χ0v) is 11.6. The second-order valence-corrected chi connectivity index (χ2v) is 5.61. The second-order valence-electron chi connectivity index (χ2n) is 5.61. The quantitative estimate of drug-likeness (QED) is 0.713. The van der Waals surface area contributed by atoms with Crippen molar-refractivity contribution in [2.24, 2.45) is 0 Å². The highest BCUT2D eigenvalue weighted by atomic mass is 16.5. The molecule has 2 nitrogen and oxygen atoms in total. The highest BCUT2D eigenvalue weighted by Crippen LogP contribution is 2.51. The predicted octanol–water partition coefficient (Wildman–Crippen LogP) is 3.36. The van der Waals surface area contributed by atoms with Crippen molar-refractivity contribution >= 4 is 11.1 Å². The van der Waals surface area contributed by atoms with Gasteiger partial charge >= 0.3 is 0 Å². The van der Waals surface area contributed by atoms with Gasteiger partial charge in [0.25, 0.3) is 0 Å². The molecule has 0 saturated carbocycles. The fraction of sp³-hybridized carbons (Fsp3) is 0.158. The maximum absolute atomic E-state index is 10.9. The summed E-state index contributed by atoms with van der Waals surface area (Å²) >= 11 is 0. The molecule has 2 N–H and O–H groups in total. The minimum atomic E-state index is -1.93. The maximum atomic E-state index is 10.9. The van der Waals surface area contributed by atoms with E-state index >= 15 is 0 Å². The van der Waals surface area contributed by atoms with E-state index < -0.39 is 5.79 Å². The summed E-state index contributed by atoms with van der Waals surface area (Å²) in [5.74, 6) is -1.93. The van der Waals surface area contributed by atoms with Gasteiger partial charge in [-0.1, -0.05) is 60.7 Å². The van der Waals surface area contributed by atoms with Gasteiger partial charge in [0.05, 0.1) is 0 Å². The summed E-state index contributed by atoms with van der Waals surface area (Å²) in [5, 5.41) is 21.8. The van der Waals surface area contributed by atoms with Gasteiger partial charge in [-0.15, -0.1) is 0 Å². The molecule has 3 aliphatic carbocycles. The van der Waals surface area contributed by atoms with Crippen molar-refractivity contribution in [2.75, 3.05) is 0 Å². The maximum Gasteiger partial charge on any atom is 0.219 e. The van der Waals surface area contributed by atoms with Crippen LogP contribution in [-0.2, 0) is 0 Å². The third kappa shape index (κ3) is 1.73. The molecule has 0 bridgehead atoms. The minimum Gasteiger partial charge on any atom is -0.358 e. The molecular formula is C19H16O2. The van der Waals surface area contributed by atoms with Crippen molar-refractivity contribution in [3.05, 3.63) is 83.0 Å². The Morgan fingerprint density at radius 3 is 2.14 bits per heavy atom. The average molecular weight is 276 g/mol. The summed E-state index contributed by atoms with van der Waals surface area (Å²) in [6, 6.07) is 7.82. The van der Waals surface area contributed by atoms with Gasteiger partial charge in [0.2, 0.25) is 5.79 Å². The van der Waals surface area contributed by atoms with Crippen molar-refractivity contribution < 1.29 is 10.2 Å². The molecule has 0 atom stereocenters. The Bertz CT molecular complexity index is 757. The van der Waals surface area contributed by atoms with E-state index in [9.17, 15) is 10.2 Å². The van der Waals surface area contributed by atoms with Gasteiger partial charge in [0.1, 0.15) is 0 Å². The largest absolute Gasteiger partial charge is 0.358 e. The van der Waals surface area contributed by atoms with Gasteiger partial charge in [-0.3, -0.25) is 0 Å². The van der Waals surface area contributed by atoms with Crippen LogP contribution in [0.5, 0.6) is 0 Å². The van der Waals surface area contributed by atoms with Crippen LogP contribution in [0.2, 0.25) is 0 Å². The third-order valence-corrected chi connectivity index (χ3v) is 4.33. The van der Waals surface area contributed by atoms with Crippen LogP contribution in [0.3, 0.4) is 0 Å². The van der Waals surface area contributed by atoms with Crippen molar-refractivity contribution in [3.63, 3.8) is 0 Å². The molecule has 0 aliphatic heterocycles. The van der Waals surface area contributed by atoms with E-state index in [0.717, 1.165) is 35.1 Å². The van der Waals surface area contributed by atoms with Crippen molar-refractivity contribution in [3.8, 4) is 0 Å². The molecule has 1 aromatic carbocycles. The smallest absolute Gasteiger partial charge is 0.219 e. The normalized spacial score (nSPS) is 25.2. The number of benzene rings is 1. The van der Waals surface area contributed by atoms with Gasteiger partial charge in [0, 0.05) is 11.1 Å². The van der Waals surface area contributed by atoms with E-state index in [4.69, 9.17) is 0 Å². The first-order chi connectivity index (χ1) is 10.2. The first kappa shape index (κ1) is 12.6. The monoisotopic (exact) mass is 276 g/mol. The van der Waals surface area contributed by atoms with Crippen LogP contribution in [0.25, 0.3) is 11.1 Å². The SMILES string of the molecule is OC1(O)C(=C2C=CC=C2)c2ccccc2/C1=C1/C=CCC1. The van der Waals surface area contributed by atoms with Gasteiger partial charge in [-0.05, 0) is 35.1 Å². The molecular weight excluding hydrogens is 260 g/mol. The zero-order valence-electron chi connectivity index (χ0n) is 11.6. The molecule has 0 spiro atoms. The van der Waals surface area contributed by atoms with Crippen LogP contribution in [0.15, 0.2) is 71.9 Å². The molecule has 0 heterocycles. The molecule has 0 radical (unpaired) electrons. The molecule has 104 valence electrons. The summed E-state index contributed by atoms with van der Waals surface area (Å²) in [4.78, 5) is 0. The van der Waals surface area contributed by atoms with E-state index in [1.165, 1.54) is 0 Å². The molecule has 21 heavy (non-hydrogen) atoms. The van der Waals surface area contributed by atoms with Gasteiger partial charge in [0.15, 0.2) is 0 Å². The second kappa shape index (κ2) is 4.42. The molecule has 0 unspecified atom stereocenters. The predicted molar refractivity (Wildman–Crippen MR) is 84.1 cm³/mol. The highest BCUT2D eigenvalue weighted by molar-refractivity contribution is 6.02. The zero-order chi connectivity index (χ0) is 14.4. The molecule has 4 rings (SSSR count). The Morgan fingerprint density at radius 1 is 0.857 bits per heavy atom. The molecule has 0 saturated heterocycles. The third-order valence-electron chi connectivity index (χ3n) is 4.33. The first-order valence-electron chi connectivity index (χ1n) is 7.24. The Labute approximate surface area is 123 Å². The Morgan fingerprint density at radius 2 is 1.52 bits per heavy atom. The number of aliphatic hydroxyl groups is 2. The minimum absolute atomic E-state index is 0.589. The molecule has 0 fully saturated rings. The topological polar surface area (TPSA) is 40.5 Å². The number of hydrogen-bond donors (Lipinski definition) is 2. The van der Waals surface area contributed by atoms with Crippen molar-refractivity contribution in [1.29, 1.82) is 0 Å². The van der Waals surface area contributed by atoms with E-state index in [2.05, 4.69) is 6.08 Å². The Hall–Kier alpha value is -2.16. The lowest BCUT2D eigenvalue weighted by Crippen LogP contribution is -2.28. The summed E-state index contributed by atoms with van der Waals surface area (Å²) < 4.78 is 0. The fourth-order valence-electron chi connectivity index (χ4n) is 3.47. The van der Waals surface area contributed by atoms with E-state index in [-0.39, 0.29) is 0 Å².